The molecule has 1 amide bonds. The molecule has 2 aromatic rings. The number of likely N-dealkylation sites (tertiary alicyclic amines) is 1. The molecule has 0 radical (unpaired) electrons. The molecule has 0 aliphatic carbocycles. The van der Waals surface area contributed by atoms with Crippen LogP contribution in [0.4, 0.5) is 0 Å². The lowest BCUT2D eigenvalue weighted by molar-refractivity contribution is 0.0782. The van der Waals surface area contributed by atoms with E-state index in [-0.39, 0.29) is 5.91 Å². The number of fused-ring (bicyclic) bond motifs is 1. The van der Waals surface area contributed by atoms with Crippen LogP contribution in [0.15, 0.2) is 30.6 Å². The lowest BCUT2D eigenvalue weighted by Gasteiger charge is -2.19. The lowest BCUT2D eigenvalue weighted by Crippen LogP contribution is -2.32. The summed E-state index contributed by atoms with van der Waals surface area (Å²) in [6.45, 7) is 3.75. The smallest absolute Gasteiger partial charge is 0.254 e. The van der Waals surface area contributed by atoms with Crippen LogP contribution < -0.4 is 5.32 Å². The molecule has 2 aliphatic heterocycles. The van der Waals surface area contributed by atoms with E-state index in [1.165, 1.54) is 6.33 Å². The largest absolute Gasteiger partial charge is 0.338 e. The van der Waals surface area contributed by atoms with Crippen LogP contribution in [0.2, 0.25) is 0 Å². The zero-order valence-corrected chi connectivity index (χ0v) is 11.6. The minimum atomic E-state index is 0.0939. The van der Waals surface area contributed by atoms with Gasteiger partial charge in [-0.05, 0) is 17.9 Å². The number of hydrogen-bond donors (Lipinski definition) is 2. The van der Waals surface area contributed by atoms with Gasteiger partial charge in [0.25, 0.3) is 5.91 Å². The van der Waals surface area contributed by atoms with Gasteiger partial charge in [-0.15, -0.1) is 0 Å². The number of amides is 1. The first kappa shape index (κ1) is 12.5. The van der Waals surface area contributed by atoms with Crippen LogP contribution in [0.1, 0.15) is 10.4 Å². The molecule has 2 fully saturated rings. The number of H-pyrrole nitrogens is 1. The number of benzene rings is 1. The summed E-state index contributed by atoms with van der Waals surface area (Å²) in [7, 11) is 0. The first-order chi connectivity index (χ1) is 10.3. The number of carbonyl (C=O) groups excluding carboxylic acids is 1. The molecule has 0 bridgehead atoms. The molecule has 1 aromatic heterocycles. The van der Waals surface area contributed by atoms with E-state index >= 15 is 0 Å². The normalized spacial score (nSPS) is 24.3. The van der Waals surface area contributed by atoms with Gasteiger partial charge >= 0.3 is 0 Å². The molecule has 0 saturated carbocycles. The van der Waals surface area contributed by atoms with E-state index in [0.717, 1.165) is 31.7 Å². The van der Waals surface area contributed by atoms with Gasteiger partial charge in [0.15, 0.2) is 5.82 Å². The Morgan fingerprint density at radius 2 is 1.95 bits per heavy atom. The molecular weight excluding hydrogens is 266 g/mol. The van der Waals surface area contributed by atoms with E-state index < -0.39 is 0 Å². The minimum absolute atomic E-state index is 0.0939. The van der Waals surface area contributed by atoms with E-state index in [1.807, 2.05) is 29.2 Å². The fourth-order valence-electron chi connectivity index (χ4n) is 3.40. The molecule has 2 aliphatic rings. The molecule has 2 N–H and O–H groups in total. The molecule has 2 unspecified atom stereocenters. The van der Waals surface area contributed by atoms with Crippen molar-refractivity contribution < 1.29 is 4.79 Å². The van der Waals surface area contributed by atoms with Crippen molar-refractivity contribution in [3.05, 3.63) is 36.2 Å². The van der Waals surface area contributed by atoms with Crippen molar-refractivity contribution in [1.82, 2.24) is 25.4 Å². The standard InChI is InChI=1S/C15H17N5O/c21-15(20-7-10-5-16-6-11(10)8-20)13-4-2-1-3-12(13)14-17-9-18-19-14/h1-4,9-11,16H,5-8H2,(H,17,18,19). The predicted molar refractivity (Wildman–Crippen MR) is 77.6 cm³/mol. The topological polar surface area (TPSA) is 73.9 Å². The van der Waals surface area contributed by atoms with Crippen molar-refractivity contribution >= 4 is 5.91 Å². The third kappa shape index (κ3) is 2.12. The summed E-state index contributed by atoms with van der Waals surface area (Å²) >= 11 is 0. The summed E-state index contributed by atoms with van der Waals surface area (Å²) in [5, 5.41) is 10.1. The summed E-state index contributed by atoms with van der Waals surface area (Å²) < 4.78 is 0. The number of rotatable bonds is 2. The average Bonchev–Trinajstić information content (AvgIpc) is 3.22. The first-order valence-corrected chi connectivity index (χ1v) is 7.27. The highest BCUT2D eigenvalue weighted by atomic mass is 16.2. The predicted octanol–water partition coefficient (Wildman–Crippen LogP) is 0.763. The van der Waals surface area contributed by atoms with E-state index in [2.05, 4.69) is 20.5 Å². The molecule has 3 heterocycles. The third-order valence-corrected chi connectivity index (χ3v) is 4.50. The van der Waals surface area contributed by atoms with Gasteiger partial charge in [0, 0.05) is 31.7 Å². The minimum Gasteiger partial charge on any atom is -0.338 e. The van der Waals surface area contributed by atoms with Gasteiger partial charge in [-0.1, -0.05) is 18.2 Å². The Hall–Kier alpha value is -2.21. The van der Waals surface area contributed by atoms with Crippen LogP contribution in [-0.4, -0.2) is 52.2 Å². The lowest BCUT2D eigenvalue weighted by atomic mass is 10.0. The van der Waals surface area contributed by atoms with Gasteiger partial charge in [0.1, 0.15) is 6.33 Å². The van der Waals surface area contributed by atoms with Crippen molar-refractivity contribution in [3.8, 4) is 11.4 Å². The van der Waals surface area contributed by atoms with Gasteiger partial charge in [-0.25, -0.2) is 4.98 Å². The van der Waals surface area contributed by atoms with Crippen molar-refractivity contribution in [3.63, 3.8) is 0 Å². The van der Waals surface area contributed by atoms with E-state index in [9.17, 15) is 4.79 Å². The molecular formula is C15H17N5O. The summed E-state index contributed by atoms with van der Waals surface area (Å²) in [4.78, 5) is 19.0. The Morgan fingerprint density at radius 1 is 1.19 bits per heavy atom. The zero-order valence-electron chi connectivity index (χ0n) is 11.6. The molecule has 21 heavy (non-hydrogen) atoms. The fraction of sp³-hybridized carbons (Fsp3) is 0.400. The Balaban J connectivity index is 1.63. The second-order valence-electron chi connectivity index (χ2n) is 5.77. The van der Waals surface area contributed by atoms with Crippen molar-refractivity contribution in [1.29, 1.82) is 0 Å². The molecule has 2 atom stereocenters. The maximum Gasteiger partial charge on any atom is 0.254 e. The summed E-state index contributed by atoms with van der Waals surface area (Å²) in [6, 6.07) is 7.58. The number of aromatic nitrogens is 3. The van der Waals surface area contributed by atoms with E-state index in [1.54, 1.807) is 0 Å². The van der Waals surface area contributed by atoms with Gasteiger partial charge < -0.3 is 10.2 Å². The average molecular weight is 283 g/mol. The van der Waals surface area contributed by atoms with Crippen LogP contribution in [0.3, 0.4) is 0 Å². The molecule has 6 heteroatoms. The van der Waals surface area contributed by atoms with Crippen molar-refractivity contribution in [2.45, 2.75) is 0 Å². The zero-order chi connectivity index (χ0) is 14.2. The Kier molecular flexibility index (Phi) is 2.96. The highest BCUT2D eigenvalue weighted by Gasteiger charge is 2.38. The monoisotopic (exact) mass is 283 g/mol. The number of hydrogen-bond acceptors (Lipinski definition) is 4. The molecule has 108 valence electrons. The Labute approximate surface area is 122 Å². The highest BCUT2D eigenvalue weighted by molar-refractivity contribution is 6.00. The van der Waals surface area contributed by atoms with E-state index in [0.29, 0.717) is 23.2 Å². The molecule has 2 saturated heterocycles. The number of nitrogens with one attached hydrogen (secondary N) is 2. The number of carbonyl (C=O) groups is 1. The number of nitrogens with zero attached hydrogens (tertiary/aromatic N) is 3. The van der Waals surface area contributed by atoms with Crippen molar-refractivity contribution in [2.75, 3.05) is 26.2 Å². The van der Waals surface area contributed by atoms with Crippen LogP contribution in [-0.2, 0) is 0 Å². The van der Waals surface area contributed by atoms with Gasteiger partial charge in [0.05, 0.1) is 5.56 Å². The molecule has 0 spiro atoms. The third-order valence-electron chi connectivity index (χ3n) is 4.50. The Morgan fingerprint density at radius 3 is 2.67 bits per heavy atom. The van der Waals surface area contributed by atoms with Crippen molar-refractivity contribution in [2.24, 2.45) is 11.8 Å². The second-order valence-corrected chi connectivity index (χ2v) is 5.77. The van der Waals surface area contributed by atoms with Crippen LogP contribution in [0.25, 0.3) is 11.4 Å². The van der Waals surface area contributed by atoms with Crippen LogP contribution >= 0.6 is 0 Å². The quantitative estimate of drug-likeness (QED) is 0.853. The molecule has 6 nitrogen and oxygen atoms in total. The van der Waals surface area contributed by atoms with Crippen LogP contribution in [0, 0.1) is 11.8 Å². The summed E-state index contributed by atoms with van der Waals surface area (Å²) in [5.74, 6) is 1.94. The Bertz CT molecular complexity index is 642. The maximum atomic E-state index is 12.8. The maximum absolute atomic E-state index is 12.8. The fourth-order valence-corrected chi connectivity index (χ4v) is 3.40. The number of aromatic amines is 1. The molecule has 1 aromatic carbocycles. The summed E-state index contributed by atoms with van der Waals surface area (Å²) in [5.41, 5.74) is 1.51. The van der Waals surface area contributed by atoms with Crippen LogP contribution in [0.5, 0.6) is 0 Å². The van der Waals surface area contributed by atoms with Gasteiger partial charge in [-0.3, -0.25) is 9.89 Å². The SMILES string of the molecule is O=C(c1ccccc1-c1ncn[nH]1)N1CC2CNCC2C1. The first-order valence-electron chi connectivity index (χ1n) is 7.27. The van der Waals surface area contributed by atoms with Gasteiger partial charge in [0.2, 0.25) is 0 Å². The second kappa shape index (κ2) is 4.96. The molecule has 4 rings (SSSR count). The highest BCUT2D eigenvalue weighted by Crippen LogP contribution is 2.29. The van der Waals surface area contributed by atoms with Gasteiger partial charge in [-0.2, -0.15) is 5.10 Å². The summed E-state index contributed by atoms with van der Waals surface area (Å²) in [6.07, 6.45) is 1.46. The van der Waals surface area contributed by atoms with E-state index in [4.69, 9.17) is 0 Å².